The van der Waals surface area contributed by atoms with Crippen LogP contribution in [0, 0.1) is 0 Å². The standard InChI is InChI=1S/C7H13F3O/c1-7(2,3)11-4-5(8)6(9)10/h5-6H,4H2,1-3H3. The summed E-state index contributed by atoms with van der Waals surface area (Å²) >= 11 is 0. The Labute approximate surface area is 64.5 Å². The molecule has 0 spiro atoms. The Kier molecular flexibility index (Phi) is 3.86. The van der Waals surface area contributed by atoms with Crippen molar-refractivity contribution in [2.75, 3.05) is 6.61 Å². The van der Waals surface area contributed by atoms with Crippen molar-refractivity contribution in [1.82, 2.24) is 0 Å². The van der Waals surface area contributed by atoms with Crippen LogP contribution >= 0.6 is 0 Å². The van der Waals surface area contributed by atoms with Gasteiger partial charge in [-0.1, -0.05) is 0 Å². The van der Waals surface area contributed by atoms with Crippen molar-refractivity contribution >= 4 is 0 Å². The Morgan fingerprint density at radius 1 is 1.18 bits per heavy atom. The van der Waals surface area contributed by atoms with Crippen LogP contribution in [0.25, 0.3) is 0 Å². The zero-order chi connectivity index (χ0) is 9.07. The van der Waals surface area contributed by atoms with Gasteiger partial charge in [0.15, 0.2) is 6.17 Å². The molecular weight excluding hydrogens is 157 g/mol. The quantitative estimate of drug-likeness (QED) is 0.632. The molecule has 0 heterocycles. The van der Waals surface area contributed by atoms with Gasteiger partial charge in [0, 0.05) is 0 Å². The Hall–Kier alpha value is -0.250. The lowest BCUT2D eigenvalue weighted by molar-refractivity contribution is -0.0660. The first-order chi connectivity index (χ1) is 4.83. The van der Waals surface area contributed by atoms with Crippen LogP contribution in [0.1, 0.15) is 20.8 Å². The molecule has 0 aliphatic rings. The summed E-state index contributed by atoms with van der Waals surface area (Å²) in [5, 5.41) is 0. The number of hydrogen-bond acceptors (Lipinski definition) is 1. The van der Waals surface area contributed by atoms with Crippen molar-refractivity contribution in [2.45, 2.75) is 39.0 Å². The third-order valence-electron chi connectivity index (χ3n) is 0.949. The van der Waals surface area contributed by atoms with E-state index in [2.05, 4.69) is 0 Å². The molecule has 0 saturated heterocycles. The van der Waals surface area contributed by atoms with E-state index in [-0.39, 0.29) is 0 Å². The fourth-order valence-corrected chi connectivity index (χ4v) is 0.402. The second-order valence-corrected chi connectivity index (χ2v) is 3.27. The van der Waals surface area contributed by atoms with E-state index in [1.54, 1.807) is 20.8 Å². The highest BCUT2D eigenvalue weighted by molar-refractivity contribution is 4.63. The molecule has 1 atom stereocenters. The van der Waals surface area contributed by atoms with Gasteiger partial charge in [-0.05, 0) is 20.8 Å². The maximum atomic E-state index is 12.2. The summed E-state index contributed by atoms with van der Waals surface area (Å²) < 4.78 is 40.1. The summed E-state index contributed by atoms with van der Waals surface area (Å²) in [7, 11) is 0. The molecule has 11 heavy (non-hydrogen) atoms. The average Bonchev–Trinajstić information content (AvgIpc) is 1.80. The van der Waals surface area contributed by atoms with Crippen LogP contribution in [0.4, 0.5) is 13.2 Å². The van der Waals surface area contributed by atoms with Crippen molar-refractivity contribution in [2.24, 2.45) is 0 Å². The fraction of sp³-hybridized carbons (Fsp3) is 1.00. The van der Waals surface area contributed by atoms with E-state index in [1.165, 1.54) is 0 Å². The Morgan fingerprint density at radius 2 is 1.64 bits per heavy atom. The van der Waals surface area contributed by atoms with Gasteiger partial charge in [-0.2, -0.15) is 0 Å². The van der Waals surface area contributed by atoms with E-state index in [4.69, 9.17) is 4.74 Å². The largest absolute Gasteiger partial charge is 0.373 e. The van der Waals surface area contributed by atoms with E-state index >= 15 is 0 Å². The van der Waals surface area contributed by atoms with Gasteiger partial charge < -0.3 is 4.74 Å². The molecule has 0 radical (unpaired) electrons. The molecular formula is C7H13F3O. The fourth-order valence-electron chi connectivity index (χ4n) is 0.402. The van der Waals surface area contributed by atoms with E-state index in [9.17, 15) is 13.2 Å². The second-order valence-electron chi connectivity index (χ2n) is 3.27. The van der Waals surface area contributed by atoms with Crippen molar-refractivity contribution in [1.29, 1.82) is 0 Å². The van der Waals surface area contributed by atoms with Gasteiger partial charge in [0.05, 0.1) is 12.2 Å². The third kappa shape index (κ3) is 6.16. The third-order valence-corrected chi connectivity index (χ3v) is 0.949. The summed E-state index contributed by atoms with van der Waals surface area (Å²) in [4.78, 5) is 0. The van der Waals surface area contributed by atoms with E-state index in [0.717, 1.165) is 0 Å². The molecule has 1 nitrogen and oxygen atoms in total. The zero-order valence-electron chi connectivity index (χ0n) is 6.90. The van der Waals surface area contributed by atoms with Gasteiger partial charge in [-0.3, -0.25) is 0 Å². The summed E-state index contributed by atoms with van der Waals surface area (Å²) in [6.07, 6.45) is -5.12. The molecule has 0 rings (SSSR count). The highest BCUT2D eigenvalue weighted by Crippen LogP contribution is 2.11. The number of rotatable bonds is 3. The van der Waals surface area contributed by atoms with Gasteiger partial charge in [0.1, 0.15) is 0 Å². The minimum atomic E-state index is -2.95. The molecule has 1 unspecified atom stereocenters. The lowest BCUT2D eigenvalue weighted by Gasteiger charge is -2.20. The van der Waals surface area contributed by atoms with Crippen molar-refractivity contribution in [3.8, 4) is 0 Å². The molecule has 68 valence electrons. The summed E-state index contributed by atoms with van der Waals surface area (Å²) in [5.41, 5.74) is -0.556. The second kappa shape index (κ2) is 3.95. The van der Waals surface area contributed by atoms with Gasteiger partial charge in [-0.25, -0.2) is 13.2 Å². The van der Waals surface area contributed by atoms with Crippen molar-refractivity contribution < 1.29 is 17.9 Å². The normalized spacial score (nSPS) is 15.5. The predicted octanol–water partition coefficient (Wildman–Crippen LogP) is 2.40. The van der Waals surface area contributed by atoms with Gasteiger partial charge in [0.2, 0.25) is 0 Å². The Bertz CT molecular complexity index is 109. The van der Waals surface area contributed by atoms with E-state index in [1.807, 2.05) is 0 Å². The number of alkyl halides is 3. The van der Waals surface area contributed by atoms with Crippen LogP contribution in [-0.4, -0.2) is 24.8 Å². The van der Waals surface area contributed by atoms with Crippen molar-refractivity contribution in [3.63, 3.8) is 0 Å². The van der Waals surface area contributed by atoms with Crippen LogP contribution in [0.3, 0.4) is 0 Å². The molecule has 0 aliphatic heterocycles. The molecule has 0 N–H and O–H groups in total. The maximum Gasteiger partial charge on any atom is 0.271 e. The minimum absolute atomic E-state index is 0.541. The molecule has 0 aliphatic carbocycles. The molecule has 0 amide bonds. The number of halogens is 3. The van der Waals surface area contributed by atoms with Crippen LogP contribution in [0.15, 0.2) is 0 Å². The lowest BCUT2D eigenvalue weighted by atomic mass is 10.2. The number of ether oxygens (including phenoxy) is 1. The van der Waals surface area contributed by atoms with Gasteiger partial charge >= 0.3 is 0 Å². The predicted molar refractivity (Wildman–Crippen MR) is 36.6 cm³/mol. The van der Waals surface area contributed by atoms with Crippen molar-refractivity contribution in [3.05, 3.63) is 0 Å². The molecule has 0 saturated carbocycles. The zero-order valence-corrected chi connectivity index (χ0v) is 6.90. The molecule has 4 heteroatoms. The van der Waals surface area contributed by atoms with Crippen LogP contribution in [0.5, 0.6) is 0 Å². The summed E-state index contributed by atoms with van der Waals surface area (Å²) in [5.74, 6) is 0. The van der Waals surface area contributed by atoms with Crippen LogP contribution < -0.4 is 0 Å². The summed E-state index contributed by atoms with van der Waals surface area (Å²) in [6.45, 7) is 4.52. The first kappa shape index (κ1) is 10.8. The average molecular weight is 170 g/mol. The Morgan fingerprint density at radius 3 is 1.91 bits per heavy atom. The molecule has 0 fully saturated rings. The van der Waals surface area contributed by atoms with Crippen LogP contribution in [-0.2, 0) is 4.74 Å². The molecule has 0 aromatic heterocycles. The monoisotopic (exact) mass is 170 g/mol. The highest BCUT2D eigenvalue weighted by atomic mass is 19.3. The van der Waals surface area contributed by atoms with Gasteiger partial charge in [0.25, 0.3) is 6.43 Å². The maximum absolute atomic E-state index is 12.2. The van der Waals surface area contributed by atoms with E-state index in [0.29, 0.717) is 0 Å². The molecule has 0 aromatic rings. The first-order valence-electron chi connectivity index (χ1n) is 3.39. The minimum Gasteiger partial charge on any atom is -0.373 e. The summed E-state index contributed by atoms with van der Waals surface area (Å²) in [6, 6.07) is 0. The molecule has 0 aromatic carbocycles. The SMILES string of the molecule is CC(C)(C)OCC(F)C(F)F. The lowest BCUT2D eigenvalue weighted by Crippen LogP contribution is -2.27. The molecule has 0 bridgehead atoms. The van der Waals surface area contributed by atoms with E-state index < -0.39 is 24.8 Å². The smallest absolute Gasteiger partial charge is 0.271 e. The highest BCUT2D eigenvalue weighted by Gasteiger charge is 2.22. The van der Waals surface area contributed by atoms with Gasteiger partial charge in [-0.15, -0.1) is 0 Å². The topological polar surface area (TPSA) is 9.23 Å². The first-order valence-corrected chi connectivity index (χ1v) is 3.39. The van der Waals surface area contributed by atoms with Crippen LogP contribution in [0.2, 0.25) is 0 Å². The Balaban J connectivity index is 3.54. The number of hydrogen-bond donors (Lipinski definition) is 0.